The molecule has 1 rings (SSSR count). The molecule has 0 unspecified atom stereocenters. The molecule has 20 heavy (non-hydrogen) atoms. The van der Waals surface area contributed by atoms with E-state index in [4.69, 9.17) is 0 Å². The van der Waals surface area contributed by atoms with E-state index in [1.54, 1.807) is 7.05 Å². The number of carbonyl (C=O) groups excluding carboxylic acids is 1. The van der Waals surface area contributed by atoms with Crippen molar-refractivity contribution in [2.75, 3.05) is 13.3 Å². The smallest absolute Gasteiger partial charge is 0.240 e. The van der Waals surface area contributed by atoms with Gasteiger partial charge in [0.1, 0.15) is 5.25 Å². The first-order chi connectivity index (χ1) is 9.05. The van der Waals surface area contributed by atoms with Crippen molar-refractivity contribution >= 4 is 15.7 Å². The summed E-state index contributed by atoms with van der Waals surface area (Å²) < 4.78 is 23.0. The van der Waals surface area contributed by atoms with E-state index in [9.17, 15) is 13.2 Å². The first-order valence-corrected chi connectivity index (χ1v) is 8.54. The van der Waals surface area contributed by atoms with Gasteiger partial charge in [-0.15, -0.1) is 0 Å². The molecule has 0 radical (unpaired) electrons. The predicted molar refractivity (Wildman–Crippen MR) is 81.4 cm³/mol. The Kier molecular flexibility index (Phi) is 4.97. The largest absolute Gasteiger partial charge is 0.338 e. The van der Waals surface area contributed by atoms with Crippen LogP contribution in [0.25, 0.3) is 0 Å². The molecule has 0 aliphatic rings. The van der Waals surface area contributed by atoms with Crippen molar-refractivity contribution in [3.05, 3.63) is 34.9 Å². The lowest BCUT2D eigenvalue weighted by Gasteiger charge is -2.28. The average Bonchev–Trinajstić information content (AvgIpc) is 2.37. The molecule has 2 atom stereocenters. The molecule has 1 aromatic rings. The van der Waals surface area contributed by atoms with Crippen LogP contribution in [0, 0.1) is 13.8 Å². The summed E-state index contributed by atoms with van der Waals surface area (Å²) in [4.78, 5) is 13.8. The van der Waals surface area contributed by atoms with Crippen molar-refractivity contribution in [2.24, 2.45) is 0 Å². The summed E-state index contributed by atoms with van der Waals surface area (Å²) in [7, 11) is -1.72. The summed E-state index contributed by atoms with van der Waals surface area (Å²) in [6.07, 6.45) is 1.09. The highest BCUT2D eigenvalue weighted by molar-refractivity contribution is 7.92. The highest BCUT2D eigenvalue weighted by Crippen LogP contribution is 2.24. The Morgan fingerprint density at radius 2 is 1.75 bits per heavy atom. The summed E-state index contributed by atoms with van der Waals surface area (Å²) in [5.74, 6) is -0.374. The number of rotatable bonds is 4. The normalized spacial score (nSPS) is 14.7. The molecule has 0 heterocycles. The number of benzene rings is 1. The van der Waals surface area contributed by atoms with Gasteiger partial charge >= 0.3 is 0 Å². The molecule has 0 aliphatic heterocycles. The minimum Gasteiger partial charge on any atom is -0.338 e. The molecule has 0 spiro atoms. The molecular formula is C15H23NO3S. The second kappa shape index (κ2) is 5.95. The molecule has 0 N–H and O–H groups in total. The lowest BCUT2D eigenvalue weighted by atomic mass is 9.99. The van der Waals surface area contributed by atoms with E-state index in [1.807, 2.05) is 39.0 Å². The molecule has 1 amide bonds. The zero-order valence-electron chi connectivity index (χ0n) is 13.0. The van der Waals surface area contributed by atoms with E-state index in [-0.39, 0.29) is 11.9 Å². The molecule has 0 aliphatic carbocycles. The summed E-state index contributed by atoms with van der Waals surface area (Å²) in [5, 5.41) is -1.01. The number of hydrogen-bond acceptors (Lipinski definition) is 3. The maximum absolute atomic E-state index is 12.2. The third kappa shape index (κ3) is 3.60. The van der Waals surface area contributed by atoms with Crippen molar-refractivity contribution in [1.29, 1.82) is 0 Å². The maximum atomic E-state index is 12.2. The molecule has 0 saturated carbocycles. The highest BCUT2D eigenvalue weighted by Gasteiger charge is 2.29. The van der Waals surface area contributed by atoms with Crippen LogP contribution in [0.5, 0.6) is 0 Å². The van der Waals surface area contributed by atoms with Crippen LogP contribution in [-0.2, 0) is 14.6 Å². The number of amides is 1. The first kappa shape index (κ1) is 16.7. The van der Waals surface area contributed by atoms with Gasteiger partial charge in [-0.2, -0.15) is 0 Å². The Hall–Kier alpha value is -1.36. The second-order valence-electron chi connectivity index (χ2n) is 5.46. The number of sulfone groups is 1. The van der Waals surface area contributed by atoms with Gasteiger partial charge in [0.25, 0.3) is 0 Å². The fourth-order valence-electron chi connectivity index (χ4n) is 2.08. The Morgan fingerprint density at radius 1 is 1.20 bits per heavy atom. The fraction of sp³-hybridized carbons (Fsp3) is 0.533. The fourth-order valence-corrected chi connectivity index (χ4v) is 2.61. The molecule has 0 saturated heterocycles. The maximum Gasteiger partial charge on any atom is 0.240 e. The van der Waals surface area contributed by atoms with E-state index >= 15 is 0 Å². The molecule has 0 bridgehead atoms. The van der Waals surface area contributed by atoms with Gasteiger partial charge in [0, 0.05) is 13.3 Å². The first-order valence-electron chi connectivity index (χ1n) is 6.58. The van der Waals surface area contributed by atoms with Gasteiger partial charge in [0.15, 0.2) is 9.84 Å². The van der Waals surface area contributed by atoms with Crippen molar-refractivity contribution < 1.29 is 13.2 Å². The quantitative estimate of drug-likeness (QED) is 0.856. The van der Waals surface area contributed by atoms with Crippen LogP contribution in [0.15, 0.2) is 18.2 Å². The number of nitrogens with zero attached hydrogens (tertiary/aromatic N) is 1. The molecule has 0 fully saturated rings. The van der Waals surface area contributed by atoms with Gasteiger partial charge in [-0.3, -0.25) is 4.79 Å². The third-order valence-corrected chi connectivity index (χ3v) is 5.29. The molecule has 0 aromatic heterocycles. The van der Waals surface area contributed by atoms with Crippen LogP contribution in [-0.4, -0.2) is 37.8 Å². The Bertz CT molecular complexity index is 608. The van der Waals surface area contributed by atoms with Gasteiger partial charge in [0.2, 0.25) is 5.91 Å². The van der Waals surface area contributed by atoms with Crippen molar-refractivity contribution in [3.63, 3.8) is 0 Å². The average molecular weight is 297 g/mol. The zero-order valence-corrected chi connectivity index (χ0v) is 13.8. The third-order valence-electron chi connectivity index (χ3n) is 3.80. The van der Waals surface area contributed by atoms with Gasteiger partial charge < -0.3 is 4.90 Å². The van der Waals surface area contributed by atoms with E-state index in [2.05, 4.69) is 0 Å². The minimum absolute atomic E-state index is 0.161. The Morgan fingerprint density at radius 3 is 2.25 bits per heavy atom. The minimum atomic E-state index is -3.37. The standard InChI is InChI=1S/C15H23NO3S/c1-10-7-8-11(2)14(9-10)12(3)16(5)15(17)13(4)20(6,18)19/h7-9,12-13H,1-6H3/t12-,13+/m1/s1. The van der Waals surface area contributed by atoms with E-state index < -0.39 is 15.1 Å². The van der Waals surface area contributed by atoms with Gasteiger partial charge in [-0.25, -0.2) is 8.42 Å². The predicted octanol–water partition coefficient (Wildman–Crippen LogP) is 2.26. The molecule has 4 nitrogen and oxygen atoms in total. The lowest BCUT2D eigenvalue weighted by Crippen LogP contribution is -2.40. The summed E-state index contributed by atoms with van der Waals surface area (Å²) >= 11 is 0. The van der Waals surface area contributed by atoms with Gasteiger partial charge in [0.05, 0.1) is 6.04 Å². The van der Waals surface area contributed by atoms with Gasteiger partial charge in [-0.05, 0) is 38.8 Å². The molecular weight excluding hydrogens is 274 g/mol. The van der Waals surface area contributed by atoms with Crippen LogP contribution in [0.4, 0.5) is 0 Å². The Balaban J connectivity index is 3.05. The SMILES string of the molecule is Cc1ccc(C)c([C@@H](C)N(C)C(=O)[C@H](C)S(C)(=O)=O)c1. The lowest BCUT2D eigenvalue weighted by molar-refractivity contribution is -0.131. The van der Waals surface area contributed by atoms with Crippen molar-refractivity contribution in [1.82, 2.24) is 4.90 Å². The van der Waals surface area contributed by atoms with Gasteiger partial charge in [-0.1, -0.05) is 23.8 Å². The highest BCUT2D eigenvalue weighted by atomic mass is 32.2. The van der Waals surface area contributed by atoms with E-state index in [0.717, 1.165) is 22.9 Å². The number of carbonyl (C=O) groups is 1. The molecule has 5 heteroatoms. The topological polar surface area (TPSA) is 54.5 Å². The molecule has 1 aromatic carbocycles. The summed E-state index contributed by atoms with van der Waals surface area (Å²) in [6.45, 7) is 7.33. The summed E-state index contributed by atoms with van der Waals surface area (Å²) in [5.41, 5.74) is 3.26. The van der Waals surface area contributed by atoms with E-state index in [0.29, 0.717) is 0 Å². The summed E-state index contributed by atoms with van der Waals surface area (Å²) in [6, 6.07) is 5.91. The Labute approximate surface area is 121 Å². The van der Waals surface area contributed by atoms with Crippen LogP contribution >= 0.6 is 0 Å². The number of aryl methyl sites for hydroxylation is 2. The van der Waals surface area contributed by atoms with E-state index in [1.165, 1.54) is 11.8 Å². The monoisotopic (exact) mass is 297 g/mol. The molecule has 112 valence electrons. The van der Waals surface area contributed by atoms with Crippen LogP contribution < -0.4 is 0 Å². The van der Waals surface area contributed by atoms with Crippen LogP contribution in [0.3, 0.4) is 0 Å². The number of hydrogen-bond donors (Lipinski definition) is 0. The van der Waals surface area contributed by atoms with Crippen LogP contribution in [0.2, 0.25) is 0 Å². The van der Waals surface area contributed by atoms with Crippen molar-refractivity contribution in [2.45, 2.75) is 39.0 Å². The van der Waals surface area contributed by atoms with Crippen molar-refractivity contribution in [3.8, 4) is 0 Å². The van der Waals surface area contributed by atoms with Crippen LogP contribution in [0.1, 0.15) is 36.6 Å². The zero-order chi connectivity index (χ0) is 15.7. The second-order valence-corrected chi connectivity index (χ2v) is 7.82.